The predicted octanol–water partition coefficient (Wildman–Crippen LogP) is 1.89. The van der Waals surface area contributed by atoms with Crippen LogP contribution in [0.15, 0.2) is 0 Å². The number of hydrogen-bond acceptors (Lipinski definition) is 1. The third-order valence-corrected chi connectivity index (χ3v) is 3.12. The van der Waals surface area contributed by atoms with Crippen LogP contribution in [-0.4, -0.2) is 12.6 Å². The normalized spacial score (nSPS) is 43.2. The fourth-order valence-corrected chi connectivity index (χ4v) is 1.89. The van der Waals surface area contributed by atoms with Gasteiger partial charge in [0.25, 0.3) is 0 Å². The fraction of sp³-hybridized carbons (Fsp3) is 0.818. The van der Waals surface area contributed by atoms with E-state index in [2.05, 4.69) is 32.0 Å². The van der Waals surface area contributed by atoms with Crippen molar-refractivity contribution in [2.75, 3.05) is 6.54 Å². The quantitative estimate of drug-likeness (QED) is 0.540. The Morgan fingerprint density at radius 1 is 1.17 bits per heavy atom. The third-order valence-electron chi connectivity index (χ3n) is 3.12. The highest BCUT2D eigenvalue weighted by molar-refractivity contribution is 5.02. The van der Waals surface area contributed by atoms with Gasteiger partial charge in [0.1, 0.15) is 0 Å². The van der Waals surface area contributed by atoms with E-state index in [1.165, 1.54) is 6.42 Å². The number of terminal acetylenes is 1. The summed E-state index contributed by atoms with van der Waals surface area (Å²) in [6, 6.07) is 0.289. The molecule has 68 valence electrons. The zero-order chi connectivity index (χ0) is 9.14. The van der Waals surface area contributed by atoms with Crippen molar-refractivity contribution in [2.24, 2.45) is 17.8 Å². The SMILES string of the molecule is C#C[C@@H]1NC[C@@H](C)[C@H](C)C[C@H]1C. The Bertz CT molecular complexity index is 180. The summed E-state index contributed by atoms with van der Waals surface area (Å²) in [5.41, 5.74) is 0. The molecule has 12 heavy (non-hydrogen) atoms. The van der Waals surface area contributed by atoms with E-state index in [0.29, 0.717) is 5.92 Å². The minimum atomic E-state index is 0.289. The van der Waals surface area contributed by atoms with Crippen LogP contribution in [-0.2, 0) is 0 Å². The number of rotatable bonds is 0. The highest BCUT2D eigenvalue weighted by Crippen LogP contribution is 2.24. The Balaban J connectivity index is 2.60. The van der Waals surface area contributed by atoms with Crippen LogP contribution < -0.4 is 5.32 Å². The summed E-state index contributed by atoms with van der Waals surface area (Å²) in [4.78, 5) is 0. The molecule has 0 unspecified atom stereocenters. The zero-order valence-electron chi connectivity index (χ0n) is 8.30. The molecule has 1 rings (SSSR count). The molecule has 1 saturated heterocycles. The summed E-state index contributed by atoms with van der Waals surface area (Å²) >= 11 is 0. The molecule has 1 nitrogen and oxygen atoms in total. The highest BCUT2D eigenvalue weighted by Gasteiger charge is 2.24. The average Bonchev–Trinajstić information content (AvgIpc) is 2.14. The predicted molar refractivity (Wildman–Crippen MR) is 52.7 cm³/mol. The van der Waals surface area contributed by atoms with Crippen LogP contribution in [0.4, 0.5) is 0 Å². The minimum Gasteiger partial charge on any atom is -0.303 e. The van der Waals surface area contributed by atoms with E-state index in [-0.39, 0.29) is 6.04 Å². The molecule has 1 aliphatic rings. The maximum absolute atomic E-state index is 5.44. The highest BCUT2D eigenvalue weighted by atomic mass is 14.9. The van der Waals surface area contributed by atoms with Gasteiger partial charge in [0, 0.05) is 0 Å². The lowest BCUT2D eigenvalue weighted by Crippen LogP contribution is -2.33. The van der Waals surface area contributed by atoms with E-state index >= 15 is 0 Å². The van der Waals surface area contributed by atoms with Gasteiger partial charge >= 0.3 is 0 Å². The van der Waals surface area contributed by atoms with E-state index in [9.17, 15) is 0 Å². The Morgan fingerprint density at radius 2 is 1.83 bits per heavy atom. The van der Waals surface area contributed by atoms with Crippen LogP contribution in [0.2, 0.25) is 0 Å². The molecular weight excluding hydrogens is 146 g/mol. The van der Waals surface area contributed by atoms with E-state index in [4.69, 9.17) is 6.42 Å². The first kappa shape index (κ1) is 9.61. The molecule has 1 heteroatoms. The molecule has 0 aromatic rings. The molecule has 4 atom stereocenters. The zero-order valence-corrected chi connectivity index (χ0v) is 8.30. The van der Waals surface area contributed by atoms with Crippen LogP contribution in [0.3, 0.4) is 0 Å². The minimum absolute atomic E-state index is 0.289. The molecule has 0 amide bonds. The Labute approximate surface area is 75.9 Å². The first-order valence-corrected chi connectivity index (χ1v) is 4.84. The molecule has 0 aromatic carbocycles. The average molecular weight is 165 g/mol. The molecule has 0 spiro atoms. The van der Waals surface area contributed by atoms with Crippen molar-refractivity contribution in [1.82, 2.24) is 5.32 Å². The molecular formula is C11H19N. The van der Waals surface area contributed by atoms with Crippen molar-refractivity contribution in [1.29, 1.82) is 0 Å². The molecule has 0 radical (unpaired) electrons. The Hall–Kier alpha value is -0.480. The molecule has 0 bridgehead atoms. The van der Waals surface area contributed by atoms with Gasteiger partial charge in [-0.25, -0.2) is 0 Å². The lowest BCUT2D eigenvalue weighted by Gasteiger charge is -2.17. The van der Waals surface area contributed by atoms with E-state index in [1.807, 2.05) is 0 Å². The lowest BCUT2D eigenvalue weighted by atomic mass is 9.87. The summed E-state index contributed by atoms with van der Waals surface area (Å²) in [6.07, 6.45) is 6.69. The van der Waals surface area contributed by atoms with Crippen LogP contribution >= 0.6 is 0 Å². The van der Waals surface area contributed by atoms with Crippen LogP contribution in [0.1, 0.15) is 27.2 Å². The second-order valence-corrected chi connectivity index (χ2v) is 4.22. The van der Waals surface area contributed by atoms with Crippen molar-refractivity contribution >= 4 is 0 Å². The maximum atomic E-state index is 5.44. The standard InChI is InChI=1S/C11H19N/c1-5-11-9(3)6-8(2)10(4)7-12-11/h1,8-12H,6-7H2,2-4H3/t8-,9-,10-,11+/m1/s1. The molecule has 1 fully saturated rings. The maximum Gasteiger partial charge on any atom is 0.0713 e. The van der Waals surface area contributed by atoms with Crippen LogP contribution in [0.25, 0.3) is 0 Å². The first-order valence-electron chi connectivity index (χ1n) is 4.84. The summed E-state index contributed by atoms with van der Waals surface area (Å²) in [5, 5.41) is 3.43. The van der Waals surface area contributed by atoms with Crippen molar-refractivity contribution in [3.05, 3.63) is 0 Å². The van der Waals surface area contributed by atoms with Crippen LogP contribution in [0, 0.1) is 30.1 Å². The van der Waals surface area contributed by atoms with E-state index in [0.717, 1.165) is 18.4 Å². The second kappa shape index (κ2) is 3.96. The van der Waals surface area contributed by atoms with Gasteiger partial charge in [-0.1, -0.05) is 26.7 Å². The van der Waals surface area contributed by atoms with Gasteiger partial charge in [-0.05, 0) is 30.7 Å². The molecule has 0 saturated carbocycles. The van der Waals surface area contributed by atoms with Gasteiger partial charge in [0.05, 0.1) is 6.04 Å². The Morgan fingerprint density at radius 3 is 2.42 bits per heavy atom. The van der Waals surface area contributed by atoms with Gasteiger partial charge in [-0.3, -0.25) is 0 Å². The molecule has 1 heterocycles. The molecule has 0 aliphatic carbocycles. The van der Waals surface area contributed by atoms with Crippen molar-refractivity contribution in [2.45, 2.75) is 33.2 Å². The van der Waals surface area contributed by atoms with Gasteiger partial charge in [-0.15, -0.1) is 6.42 Å². The largest absolute Gasteiger partial charge is 0.303 e. The van der Waals surface area contributed by atoms with Crippen molar-refractivity contribution in [3.63, 3.8) is 0 Å². The monoisotopic (exact) mass is 165 g/mol. The van der Waals surface area contributed by atoms with E-state index < -0.39 is 0 Å². The van der Waals surface area contributed by atoms with Crippen LogP contribution in [0.5, 0.6) is 0 Å². The summed E-state index contributed by atoms with van der Waals surface area (Å²) < 4.78 is 0. The molecule has 1 N–H and O–H groups in total. The van der Waals surface area contributed by atoms with Crippen molar-refractivity contribution < 1.29 is 0 Å². The second-order valence-electron chi connectivity index (χ2n) is 4.22. The summed E-state index contributed by atoms with van der Waals surface area (Å²) in [5.74, 6) is 5.00. The topological polar surface area (TPSA) is 12.0 Å². The van der Waals surface area contributed by atoms with Gasteiger partial charge in [0.2, 0.25) is 0 Å². The number of hydrogen-bond donors (Lipinski definition) is 1. The van der Waals surface area contributed by atoms with Gasteiger partial charge in [0.15, 0.2) is 0 Å². The smallest absolute Gasteiger partial charge is 0.0713 e. The Kier molecular flexibility index (Phi) is 3.17. The van der Waals surface area contributed by atoms with Gasteiger partial charge < -0.3 is 5.32 Å². The lowest BCUT2D eigenvalue weighted by molar-refractivity contribution is 0.352. The van der Waals surface area contributed by atoms with E-state index in [1.54, 1.807) is 0 Å². The summed E-state index contributed by atoms with van der Waals surface area (Å²) in [7, 11) is 0. The van der Waals surface area contributed by atoms with Crippen molar-refractivity contribution in [3.8, 4) is 12.3 Å². The fourth-order valence-electron chi connectivity index (χ4n) is 1.89. The third kappa shape index (κ3) is 2.01. The molecule has 1 aliphatic heterocycles. The molecule has 0 aromatic heterocycles. The summed E-state index contributed by atoms with van der Waals surface area (Å²) in [6.45, 7) is 7.93. The van der Waals surface area contributed by atoms with Gasteiger partial charge in [-0.2, -0.15) is 0 Å². The first-order chi connectivity index (χ1) is 5.65. The number of nitrogens with one attached hydrogen (secondary N) is 1.